The first-order valence-corrected chi connectivity index (χ1v) is 8.86. The van der Waals surface area contributed by atoms with Crippen LogP contribution >= 0.6 is 0 Å². The molecule has 2 rings (SSSR count). The van der Waals surface area contributed by atoms with Crippen molar-refractivity contribution in [3.05, 3.63) is 42.2 Å². The maximum Gasteiger partial charge on any atom is 0.258 e. The molecule has 6 nitrogen and oxygen atoms in total. The Bertz CT molecular complexity index is 661. The summed E-state index contributed by atoms with van der Waals surface area (Å²) in [6.45, 7) is 11.9. The minimum absolute atomic E-state index is 0.207. The van der Waals surface area contributed by atoms with E-state index in [0.717, 1.165) is 37.6 Å². The molecule has 1 N–H and O–H groups in total. The number of rotatable bonds is 8. The van der Waals surface area contributed by atoms with E-state index in [1.807, 2.05) is 29.2 Å². The van der Waals surface area contributed by atoms with Crippen LogP contribution in [0.3, 0.4) is 0 Å². The van der Waals surface area contributed by atoms with Crippen molar-refractivity contribution in [2.75, 3.05) is 41.3 Å². The molecule has 0 radical (unpaired) electrons. The standard InChI is InChI=1S/C19H27N5O/c1-5-23(6-2)17-11-9-16(10-12-17)22-18(25)15-13-20-19(21-14-15)24(7-3)8-4/h9-14H,5-8H2,1-4H3,(H,22,25). The molecule has 0 fully saturated rings. The van der Waals surface area contributed by atoms with E-state index in [1.54, 1.807) is 12.4 Å². The van der Waals surface area contributed by atoms with Gasteiger partial charge < -0.3 is 15.1 Å². The van der Waals surface area contributed by atoms with Crippen LogP contribution in [0.4, 0.5) is 17.3 Å². The number of carbonyl (C=O) groups is 1. The molecule has 0 aliphatic rings. The topological polar surface area (TPSA) is 61.4 Å². The molecule has 1 amide bonds. The molecule has 0 spiro atoms. The molecule has 0 aliphatic heterocycles. The van der Waals surface area contributed by atoms with Gasteiger partial charge in [0.05, 0.1) is 5.56 Å². The fourth-order valence-corrected chi connectivity index (χ4v) is 2.66. The van der Waals surface area contributed by atoms with Crippen molar-refractivity contribution in [2.45, 2.75) is 27.7 Å². The van der Waals surface area contributed by atoms with Crippen LogP contribution < -0.4 is 15.1 Å². The molecule has 1 aromatic heterocycles. The number of aromatic nitrogens is 2. The smallest absolute Gasteiger partial charge is 0.258 e. The Labute approximate surface area is 149 Å². The Balaban J connectivity index is 2.04. The number of amides is 1. The van der Waals surface area contributed by atoms with Crippen molar-refractivity contribution in [2.24, 2.45) is 0 Å². The first-order chi connectivity index (χ1) is 12.1. The van der Waals surface area contributed by atoms with Crippen LogP contribution in [0.5, 0.6) is 0 Å². The third-order valence-corrected chi connectivity index (χ3v) is 4.20. The van der Waals surface area contributed by atoms with E-state index in [0.29, 0.717) is 11.5 Å². The highest BCUT2D eigenvalue weighted by Crippen LogP contribution is 2.18. The lowest BCUT2D eigenvalue weighted by Crippen LogP contribution is -2.24. The molecule has 0 saturated heterocycles. The summed E-state index contributed by atoms with van der Waals surface area (Å²) in [6, 6.07) is 7.86. The quantitative estimate of drug-likeness (QED) is 0.797. The Morgan fingerprint density at radius 1 is 0.880 bits per heavy atom. The fourth-order valence-electron chi connectivity index (χ4n) is 2.66. The van der Waals surface area contributed by atoms with Crippen molar-refractivity contribution in [3.63, 3.8) is 0 Å². The van der Waals surface area contributed by atoms with Gasteiger partial charge in [0.15, 0.2) is 0 Å². The van der Waals surface area contributed by atoms with Crippen LogP contribution in [0.15, 0.2) is 36.7 Å². The number of nitrogens with zero attached hydrogens (tertiary/aromatic N) is 4. The van der Waals surface area contributed by atoms with Crippen molar-refractivity contribution in [3.8, 4) is 0 Å². The van der Waals surface area contributed by atoms with Crippen LogP contribution in [0, 0.1) is 0 Å². The molecule has 0 aliphatic carbocycles. The molecule has 6 heteroatoms. The maximum atomic E-state index is 12.4. The number of hydrogen-bond acceptors (Lipinski definition) is 5. The van der Waals surface area contributed by atoms with Crippen molar-refractivity contribution in [1.29, 1.82) is 0 Å². The molecular weight excluding hydrogens is 314 g/mol. The molecule has 0 unspecified atom stereocenters. The van der Waals surface area contributed by atoms with Gasteiger partial charge in [0.2, 0.25) is 5.95 Å². The average Bonchev–Trinajstić information content (AvgIpc) is 2.65. The average molecular weight is 341 g/mol. The second-order valence-electron chi connectivity index (χ2n) is 5.62. The second-order valence-corrected chi connectivity index (χ2v) is 5.62. The van der Waals surface area contributed by atoms with E-state index in [2.05, 4.69) is 47.9 Å². The number of anilines is 3. The predicted molar refractivity (Wildman–Crippen MR) is 104 cm³/mol. The Kier molecular flexibility index (Phi) is 6.74. The van der Waals surface area contributed by atoms with Gasteiger partial charge in [-0.3, -0.25) is 4.79 Å². The summed E-state index contributed by atoms with van der Waals surface area (Å²) < 4.78 is 0. The maximum absolute atomic E-state index is 12.4. The monoisotopic (exact) mass is 341 g/mol. The summed E-state index contributed by atoms with van der Waals surface area (Å²) in [7, 11) is 0. The van der Waals surface area contributed by atoms with Gasteiger partial charge in [0, 0.05) is 49.9 Å². The normalized spacial score (nSPS) is 10.4. The summed E-state index contributed by atoms with van der Waals surface area (Å²) >= 11 is 0. The number of carbonyl (C=O) groups excluding carboxylic acids is 1. The minimum atomic E-state index is -0.207. The Hall–Kier alpha value is -2.63. The van der Waals surface area contributed by atoms with Gasteiger partial charge in [-0.2, -0.15) is 0 Å². The molecule has 134 valence electrons. The highest BCUT2D eigenvalue weighted by molar-refractivity contribution is 6.03. The molecule has 0 atom stereocenters. The van der Waals surface area contributed by atoms with E-state index in [-0.39, 0.29) is 5.91 Å². The summed E-state index contributed by atoms with van der Waals surface area (Å²) in [5, 5.41) is 2.89. The van der Waals surface area contributed by atoms with Gasteiger partial charge >= 0.3 is 0 Å². The Morgan fingerprint density at radius 2 is 1.40 bits per heavy atom. The number of nitrogens with one attached hydrogen (secondary N) is 1. The molecule has 1 aromatic carbocycles. The molecule has 2 aromatic rings. The van der Waals surface area contributed by atoms with Gasteiger partial charge in [0.25, 0.3) is 5.91 Å². The Morgan fingerprint density at radius 3 is 1.88 bits per heavy atom. The molecular formula is C19H27N5O. The van der Waals surface area contributed by atoms with Crippen LogP contribution in [0.2, 0.25) is 0 Å². The molecule has 1 heterocycles. The van der Waals surface area contributed by atoms with E-state index in [1.165, 1.54) is 0 Å². The van der Waals surface area contributed by atoms with Crippen molar-refractivity contribution >= 4 is 23.2 Å². The summed E-state index contributed by atoms with van der Waals surface area (Å²) in [5.41, 5.74) is 2.35. The first-order valence-electron chi connectivity index (χ1n) is 8.86. The van der Waals surface area contributed by atoms with Gasteiger partial charge in [-0.15, -0.1) is 0 Å². The SMILES string of the molecule is CCN(CC)c1ccc(NC(=O)c2cnc(N(CC)CC)nc2)cc1. The van der Waals surface area contributed by atoms with Gasteiger partial charge in [-0.05, 0) is 52.0 Å². The zero-order valence-corrected chi connectivity index (χ0v) is 15.5. The van der Waals surface area contributed by atoms with Crippen molar-refractivity contribution < 1.29 is 4.79 Å². The van der Waals surface area contributed by atoms with Crippen LogP contribution in [-0.2, 0) is 0 Å². The zero-order valence-electron chi connectivity index (χ0n) is 15.5. The third-order valence-electron chi connectivity index (χ3n) is 4.20. The lowest BCUT2D eigenvalue weighted by Gasteiger charge is -2.21. The highest BCUT2D eigenvalue weighted by Gasteiger charge is 2.10. The van der Waals surface area contributed by atoms with E-state index in [4.69, 9.17) is 0 Å². The molecule has 25 heavy (non-hydrogen) atoms. The van der Waals surface area contributed by atoms with Crippen LogP contribution in [0.25, 0.3) is 0 Å². The second kappa shape index (κ2) is 9.01. The van der Waals surface area contributed by atoms with Gasteiger partial charge in [-0.25, -0.2) is 9.97 Å². The summed E-state index contributed by atoms with van der Waals surface area (Å²) in [4.78, 5) is 25.2. The van der Waals surface area contributed by atoms with Crippen LogP contribution in [-0.4, -0.2) is 42.1 Å². The third kappa shape index (κ3) is 4.68. The molecule has 0 bridgehead atoms. The van der Waals surface area contributed by atoms with Crippen molar-refractivity contribution in [1.82, 2.24) is 9.97 Å². The summed E-state index contributed by atoms with van der Waals surface area (Å²) in [5.74, 6) is 0.437. The van der Waals surface area contributed by atoms with Gasteiger partial charge in [0.1, 0.15) is 0 Å². The lowest BCUT2D eigenvalue weighted by atomic mass is 10.2. The minimum Gasteiger partial charge on any atom is -0.372 e. The van der Waals surface area contributed by atoms with Gasteiger partial charge in [-0.1, -0.05) is 0 Å². The van der Waals surface area contributed by atoms with Crippen LogP contribution in [0.1, 0.15) is 38.1 Å². The van der Waals surface area contributed by atoms with E-state index >= 15 is 0 Å². The largest absolute Gasteiger partial charge is 0.372 e. The lowest BCUT2D eigenvalue weighted by molar-refractivity contribution is 0.102. The predicted octanol–water partition coefficient (Wildman–Crippen LogP) is 3.42. The zero-order chi connectivity index (χ0) is 18.2. The fraction of sp³-hybridized carbons (Fsp3) is 0.421. The number of benzene rings is 1. The van der Waals surface area contributed by atoms with E-state index in [9.17, 15) is 4.79 Å². The first kappa shape index (κ1) is 18.7. The van der Waals surface area contributed by atoms with E-state index < -0.39 is 0 Å². The summed E-state index contributed by atoms with van der Waals surface area (Å²) in [6.07, 6.45) is 3.14. The highest BCUT2D eigenvalue weighted by atomic mass is 16.1. The number of hydrogen-bond donors (Lipinski definition) is 1. The molecule has 0 saturated carbocycles.